The van der Waals surface area contributed by atoms with Crippen molar-refractivity contribution < 1.29 is 23.5 Å². The molecule has 3 aromatic rings. The summed E-state index contributed by atoms with van der Waals surface area (Å²) in [7, 11) is 0. The number of nitrogens with zero attached hydrogens (tertiary/aromatic N) is 1. The van der Waals surface area contributed by atoms with Gasteiger partial charge >= 0.3 is 5.97 Å². The van der Waals surface area contributed by atoms with Crippen LogP contribution in [0.15, 0.2) is 53.1 Å². The van der Waals surface area contributed by atoms with Gasteiger partial charge in [-0.15, -0.1) is 0 Å². The molecule has 0 amide bonds. The monoisotopic (exact) mass is 401 g/mol. The maximum Gasteiger partial charge on any atom is 0.338 e. The first kappa shape index (κ1) is 19.8. The van der Waals surface area contributed by atoms with Crippen LogP contribution < -0.4 is 9.47 Å². The molecule has 3 rings (SSSR count). The summed E-state index contributed by atoms with van der Waals surface area (Å²) in [6.07, 6.45) is 0. The Balaban J connectivity index is 1.44. The van der Waals surface area contributed by atoms with Gasteiger partial charge in [-0.1, -0.05) is 22.8 Å². The number of aryl methyl sites for hydroxylation is 2. The highest BCUT2D eigenvalue weighted by atomic mass is 35.5. The van der Waals surface area contributed by atoms with Crippen molar-refractivity contribution in [1.29, 1.82) is 0 Å². The Kier molecular flexibility index (Phi) is 6.55. The highest BCUT2D eigenvalue weighted by Crippen LogP contribution is 2.19. The van der Waals surface area contributed by atoms with Crippen LogP contribution in [0.4, 0.5) is 0 Å². The van der Waals surface area contributed by atoms with E-state index < -0.39 is 5.97 Å². The molecule has 146 valence electrons. The summed E-state index contributed by atoms with van der Waals surface area (Å²) in [5.41, 5.74) is 2.16. The zero-order valence-electron chi connectivity index (χ0n) is 15.6. The molecule has 7 heteroatoms. The van der Waals surface area contributed by atoms with Crippen LogP contribution in [0.2, 0.25) is 5.02 Å². The summed E-state index contributed by atoms with van der Waals surface area (Å²) in [5, 5.41) is 4.48. The standard InChI is InChI=1S/C21H20ClNO5/c1-14-20(15(2)28-23-14)13-27-18-8-6-16(7-9-18)21(24)26-11-10-25-19-5-3-4-17(22)12-19/h3-9,12H,10-11,13H2,1-2H3. The average molecular weight is 402 g/mol. The van der Waals surface area contributed by atoms with Crippen molar-refractivity contribution in [3.8, 4) is 11.5 Å². The fourth-order valence-corrected chi connectivity index (χ4v) is 2.66. The van der Waals surface area contributed by atoms with Gasteiger partial charge in [-0.05, 0) is 56.3 Å². The van der Waals surface area contributed by atoms with Crippen LogP contribution in [0.3, 0.4) is 0 Å². The molecule has 0 saturated carbocycles. The van der Waals surface area contributed by atoms with Crippen LogP contribution in [0, 0.1) is 13.8 Å². The van der Waals surface area contributed by atoms with Crippen LogP contribution in [0.25, 0.3) is 0 Å². The lowest BCUT2D eigenvalue weighted by Gasteiger charge is -2.09. The molecule has 0 aliphatic heterocycles. The van der Waals surface area contributed by atoms with Crippen molar-refractivity contribution in [3.63, 3.8) is 0 Å². The number of carbonyl (C=O) groups is 1. The number of carbonyl (C=O) groups excluding carboxylic acids is 1. The van der Waals surface area contributed by atoms with Gasteiger partial charge in [0.15, 0.2) is 0 Å². The Hall–Kier alpha value is -2.99. The van der Waals surface area contributed by atoms with Crippen molar-refractivity contribution in [3.05, 3.63) is 76.1 Å². The fourth-order valence-electron chi connectivity index (χ4n) is 2.48. The second-order valence-electron chi connectivity index (χ2n) is 6.06. The second kappa shape index (κ2) is 9.28. The van der Waals surface area contributed by atoms with Gasteiger partial charge in [0, 0.05) is 5.02 Å². The Labute approximate surface area is 168 Å². The number of esters is 1. The smallest absolute Gasteiger partial charge is 0.338 e. The minimum absolute atomic E-state index is 0.135. The molecule has 0 aliphatic carbocycles. The number of rotatable bonds is 8. The number of aromatic nitrogens is 1. The van der Waals surface area contributed by atoms with Crippen molar-refractivity contribution in [2.75, 3.05) is 13.2 Å². The highest BCUT2D eigenvalue weighted by molar-refractivity contribution is 6.30. The first-order valence-corrected chi connectivity index (χ1v) is 9.11. The molecule has 6 nitrogen and oxygen atoms in total. The van der Waals surface area contributed by atoms with Gasteiger partial charge in [0.1, 0.15) is 37.1 Å². The number of hydrogen-bond acceptors (Lipinski definition) is 6. The Morgan fingerprint density at radius 2 is 1.82 bits per heavy atom. The van der Waals surface area contributed by atoms with Gasteiger partial charge in [0.25, 0.3) is 0 Å². The summed E-state index contributed by atoms with van der Waals surface area (Å²) < 4.78 is 21.5. The van der Waals surface area contributed by atoms with Crippen LogP contribution >= 0.6 is 11.6 Å². The Morgan fingerprint density at radius 1 is 1.04 bits per heavy atom. The third-order valence-electron chi connectivity index (χ3n) is 4.04. The Bertz CT molecular complexity index is 917. The van der Waals surface area contributed by atoms with Gasteiger partial charge in [-0.3, -0.25) is 0 Å². The van der Waals surface area contributed by atoms with E-state index in [0.717, 1.165) is 17.0 Å². The van der Waals surface area contributed by atoms with Crippen molar-refractivity contribution >= 4 is 17.6 Å². The predicted molar refractivity (Wildman–Crippen MR) is 104 cm³/mol. The molecule has 1 heterocycles. The van der Waals surface area contributed by atoms with Gasteiger partial charge in [-0.25, -0.2) is 4.79 Å². The van der Waals surface area contributed by atoms with Gasteiger partial charge < -0.3 is 18.7 Å². The normalized spacial score (nSPS) is 10.5. The molecule has 0 bridgehead atoms. The minimum Gasteiger partial charge on any atom is -0.490 e. The van der Waals surface area contributed by atoms with E-state index in [1.54, 1.807) is 48.5 Å². The fraction of sp³-hybridized carbons (Fsp3) is 0.238. The lowest BCUT2D eigenvalue weighted by molar-refractivity contribution is 0.0450. The van der Waals surface area contributed by atoms with Gasteiger partial charge in [-0.2, -0.15) is 0 Å². The molecule has 1 aromatic heterocycles. The minimum atomic E-state index is -0.424. The van der Waals surface area contributed by atoms with E-state index in [-0.39, 0.29) is 13.2 Å². The maximum absolute atomic E-state index is 12.1. The molecule has 0 radical (unpaired) electrons. The number of benzene rings is 2. The van der Waals surface area contributed by atoms with Crippen LogP contribution in [-0.4, -0.2) is 24.3 Å². The number of hydrogen-bond donors (Lipinski definition) is 0. The molecular formula is C21H20ClNO5. The van der Waals surface area contributed by atoms with E-state index in [9.17, 15) is 4.79 Å². The molecule has 2 aromatic carbocycles. The molecule has 0 fully saturated rings. The highest BCUT2D eigenvalue weighted by Gasteiger charge is 2.11. The third-order valence-corrected chi connectivity index (χ3v) is 4.27. The van der Waals surface area contributed by atoms with Crippen molar-refractivity contribution in [1.82, 2.24) is 5.16 Å². The molecule has 0 aliphatic rings. The SMILES string of the molecule is Cc1noc(C)c1COc1ccc(C(=O)OCCOc2cccc(Cl)c2)cc1. The molecule has 0 atom stereocenters. The molecule has 0 saturated heterocycles. The van der Waals surface area contributed by atoms with E-state index >= 15 is 0 Å². The van der Waals surface area contributed by atoms with Crippen LogP contribution in [0.5, 0.6) is 11.5 Å². The first-order chi connectivity index (χ1) is 13.5. The lowest BCUT2D eigenvalue weighted by atomic mass is 10.2. The summed E-state index contributed by atoms with van der Waals surface area (Å²) in [6.45, 7) is 4.43. The zero-order valence-corrected chi connectivity index (χ0v) is 16.4. The summed E-state index contributed by atoms with van der Waals surface area (Å²) in [6, 6.07) is 13.8. The van der Waals surface area contributed by atoms with Gasteiger partial charge in [0.2, 0.25) is 0 Å². The Morgan fingerprint density at radius 3 is 2.50 bits per heavy atom. The topological polar surface area (TPSA) is 70.8 Å². The zero-order chi connectivity index (χ0) is 19.9. The molecule has 0 spiro atoms. The molecule has 0 N–H and O–H groups in total. The van der Waals surface area contributed by atoms with Crippen LogP contribution in [-0.2, 0) is 11.3 Å². The molecule has 0 unspecified atom stereocenters. The summed E-state index contributed by atoms with van der Waals surface area (Å²) in [5.74, 6) is 1.58. The number of halogens is 1. The largest absolute Gasteiger partial charge is 0.490 e. The summed E-state index contributed by atoms with van der Waals surface area (Å²) >= 11 is 5.88. The van der Waals surface area contributed by atoms with Crippen molar-refractivity contribution in [2.45, 2.75) is 20.5 Å². The van der Waals surface area contributed by atoms with E-state index in [0.29, 0.717) is 28.7 Å². The lowest BCUT2D eigenvalue weighted by Crippen LogP contribution is -2.12. The van der Waals surface area contributed by atoms with E-state index in [1.165, 1.54) is 0 Å². The van der Waals surface area contributed by atoms with E-state index in [2.05, 4.69) is 5.16 Å². The van der Waals surface area contributed by atoms with E-state index in [1.807, 2.05) is 13.8 Å². The number of ether oxygens (including phenoxy) is 3. The predicted octanol–water partition coefficient (Wildman–Crippen LogP) is 4.76. The second-order valence-corrected chi connectivity index (χ2v) is 6.49. The molecular weight excluding hydrogens is 382 g/mol. The van der Waals surface area contributed by atoms with Crippen LogP contribution in [0.1, 0.15) is 27.4 Å². The molecule has 28 heavy (non-hydrogen) atoms. The summed E-state index contributed by atoms with van der Waals surface area (Å²) in [4.78, 5) is 12.1. The van der Waals surface area contributed by atoms with Gasteiger partial charge in [0.05, 0.1) is 16.8 Å². The quantitative estimate of drug-likeness (QED) is 0.400. The van der Waals surface area contributed by atoms with Crippen molar-refractivity contribution in [2.24, 2.45) is 0 Å². The van der Waals surface area contributed by atoms with E-state index in [4.69, 9.17) is 30.3 Å². The average Bonchev–Trinajstić information content (AvgIpc) is 3.01. The first-order valence-electron chi connectivity index (χ1n) is 8.73. The third kappa shape index (κ3) is 5.27. The maximum atomic E-state index is 12.1.